The number of aromatic nitrogens is 3. The Morgan fingerprint density at radius 3 is 2.45 bits per heavy atom. The molecule has 1 saturated heterocycles. The summed E-state index contributed by atoms with van der Waals surface area (Å²) in [4.78, 5) is 30.1. The lowest BCUT2D eigenvalue weighted by atomic mass is 10.00. The highest BCUT2D eigenvalue weighted by atomic mass is 16.5. The number of hydrogen-bond donors (Lipinski definition) is 1. The number of carbonyl (C=O) groups is 2. The highest BCUT2D eigenvalue weighted by Crippen LogP contribution is 2.41. The summed E-state index contributed by atoms with van der Waals surface area (Å²) in [6.45, 7) is 3.21. The third-order valence-electron chi connectivity index (χ3n) is 8.00. The number of fused-ring (bicyclic) bond motifs is 1. The summed E-state index contributed by atoms with van der Waals surface area (Å²) in [5.74, 6) is 0.528. The molecular formula is C33H39N5O6. The highest BCUT2D eigenvalue weighted by molar-refractivity contribution is 5.89. The molecule has 0 spiro atoms. The fourth-order valence-corrected chi connectivity index (χ4v) is 5.63. The van der Waals surface area contributed by atoms with E-state index in [9.17, 15) is 9.59 Å². The summed E-state index contributed by atoms with van der Waals surface area (Å²) in [6, 6.07) is 17.9. The molecule has 3 aromatic carbocycles. The van der Waals surface area contributed by atoms with Gasteiger partial charge >= 0.3 is 0 Å². The first-order chi connectivity index (χ1) is 21.4. The number of methoxy groups -OCH3 is 3. The summed E-state index contributed by atoms with van der Waals surface area (Å²) >= 11 is 0. The third-order valence-corrected chi connectivity index (χ3v) is 8.00. The van der Waals surface area contributed by atoms with Crippen molar-refractivity contribution in [2.75, 3.05) is 41.0 Å². The largest absolute Gasteiger partial charge is 0.493 e. The smallest absolute Gasteiger partial charge is 0.247 e. The molecule has 0 bridgehead atoms. The monoisotopic (exact) mass is 601 g/mol. The summed E-state index contributed by atoms with van der Waals surface area (Å²) in [6.07, 6.45) is 2.28. The van der Waals surface area contributed by atoms with E-state index in [2.05, 4.69) is 15.6 Å². The lowest BCUT2D eigenvalue weighted by molar-refractivity contribution is -0.141. The van der Waals surface area contributed by atoms with Gasteiger partial charge in [-0.2, -0.15) is 0 Å². The van der Waals surface area contributed by atoms with E-state index in [0.29, 0.717) is 47.9 Å². The predicted molar refractivity (Wildman–Crippen MR) is 165 cm³/mol. The molecule has 0 unspecified atom stereocenters. The summed E-state index contributed by atoms with van der Waals surface area (Å²) in [7, 11) is 4.56. The van der Waals surface area contributed by atoms with E-state index in [-0.39, 0.29) is 31.0 Å². The number of para-hydroxylation sites is 1. The van der Waals surface area contributed by atoms with E-state index in [0.717, 1.165) is 29.5 Å². The maximum Gasteiger partial charge on any atom is 0.247 e. The third kappa shape index (κ3) is 6.78. The van der Waals surface area contributed by atoms with Gasteiger partial charge in [0.2, 0.25) is 17.6 Å². The van der Waals surface area contributed by atoms with E-state index in [1.807, 2.05) is 55.5 Å². The fraction of sp³-hybridized carbons (Fsp3) is 0.394. The van der Waals surface area contributed by atoms with Crippen LogP contribution in [-0.4, -0.2) is 78.8 Å². The second-order valence-electron chi connectivity index (χ2n) is 10.7. The van der Waals surface area contributed by atoms with Crippen molar-refractivity contribution < 1.29 is 28.5 Å². The van der Waals surface area contributed by atoms with E-state index in [1.54, 1.807) is 21.7 Å². The van der Waals surface area contributed by atoms with E-state index >= 15 is 0 Å². The van der Waals surface area contributed by atoms with Crippen LogP contribution in [0, 0.1) is 6.92 Å². The van der Waals surface area contributed by atoms with Crippen LogP contribution in [0.25, 0.3) is 11.0 Å². The standard InChI is InChI=1S/C33H39N5O6/c1-22-10-5-6-11-23(22)15-16-37(30(39)21-38-27-14-8-7-13-26(27)35-36-38)31(33(40)34-20-25-12-9-17-44-25)24-18-28(41-2)32(43-4)29(19-24)42-3/h5-8,10-11,13-14,18-19,25,31H,9,12,15-17,20-21H2,1-4H3,(H,34,40)/t25-,31+/m1/s1. The molecule has 44 heavy (non-hydrogen) atoms. The van der Waals surface area contributed by atoms with Crippen LogP contribution in [0.2, 0.25) is 0 Å². The fourth-order valence-electron chi connectivity index (χ4n) is 5.63. The Hall–Kier alpha value is -4.64. The molecule has 11 nitrogen and oxygen atoms in total. The number of nitrogens with zero attached hydrogens (tertiary/aromatic N) is 4. The van der Waals surface area contributed by atoms with Crippen LogP contribution in [0.1, 0.15) is 35.6 Å². The summed E-state index contributed by atoms with van der Waals surface area (Å²) in [5, 5.41) is 11.5. The van der Waals surface area contributed by atoms with Crippen molar-refractivity contribution in [1.82, 2.24) is 25.2 Å². The molecule has 5 rings (SSSR count). The minimum atomic E-state index is -1.02. The van der Waals surface area contributed by atoms with Crippen molar-refractivity contribution in [1.29, 1.82) is 0 Å². The number of benzene rings is 3. The summed E-state index contributed by atoms with van der Waals surface area (Å²) in [5.41, 5.74) is 4.12. The number of aryl methyl sites for hydroxylation is 1. The SMILES string of the molecule is COc1cc([C@@H](C(=O)NC[C@H]2CCCO2)N(CCc2ccccc2C)C(=O)Cn2nnc3ccccc32)cc(OC)c1OC. The average molecular weight is 602 g/mol. The Labute approximate surface area is 257 Å². The minimum Gasteiger partial charge on any atom is -0.493 e. The van der Waals surface area contributed by atoms with Crippen molar-refractivity contribution >= 4 is 22.8 Å². The first-order valence-electron chi connectivity index (χ1n) is 14.7. The van der Waals surface area contributed by atoms with Crippen molar-refractivity contribution in [3.63, 3.8) is 0 Å². The van der Waals surface area contributed by atoms with Crippen LogP contribution < -0.4 is 19.5 Å². The lowest BCUT2D eigenvalue weighted by Gasteiger charge is -2.32. The van der Waals surface area contributed by atoms with Crippen LogP contribution in [0.4, 0.5) is 0 Å². The lowest BCUT2D eigenvalue weighted by Crippen LogP contribution is -2.47. The molecular weight excluding hydrogens is 562 g/mol. The minimum absolute atomic E-state index is 0.0721. The maximum absolute atomic E-state index is 14.3. The van der Waals surface area contributed by atoms with Gasteiger partial charge in [-0.1, -0.05) is 41.6 Å². The molecule has 1 N–H and O–H groups in total. The second-order valence-corrected chi connectivity index (χ2v) is 10.7. The number of carbonyl (C=O) groups excluding carboxylic acids is 2. The van der Waals surface area contributed by atoms with Crippen LogP contribution in [0.3, 0.4) is 0 Å². The number of hydrogen-bond acceptors (Lipinski definition) is 8. The number of amides is 2. The van der Waals surface area contributed by atoms with Gasteiger partial charge in [-0.25, -0.2) is 4.68 Å². The molecule has 2 heterocycles. The van der Waals surface area contributed by atoms with E-state index in [4.69, 9.17) is 18.9 Å². The average Bonchev–Trinajstić information content (AvgIpc) is 3.72. The van der Waals surface area contributed by atoms with Crippen LogP contribution in [0.15, 0.2) is 60.7 Å². The quantitative estimate of drug-likeness (QED) is 0.246. The molecule has 0 aliphatic carbocycles. The van der Waals surface area contributed by atoms with Crippen molar-refractivity contribution in [3.8, 4) is 17.2 Å². The molecule has 1 fully saturated rings. The highest BCUT2D eigenvalue weighted by Gasteiger charge is 2.34. The van der Waals surface area contributed by atoms with Gasteiger partial charge in [-0.15, -0.1) is 5.10 Å². The van der Waals surface area contributed by atoms with Gasteiger partial charge in [0, 0.05) is 19.7 Å². The van der Waals surface area contributed by atoms with Crippen molar-refractivity contribution in [3.05, 3.63) is 77.4 Å². The normalized spacial score (nSPS) is 15.1. The number of rotatable bonds is 13. The Balaban J connectivity index is 1.56. The molecule has 232 valence electrons. The molecule has 11 heteroatoms. The molecule has 1 aliphatic heterocycles. The first kappa shape index (κ1) is 30.8. The molecule has 0 radical (unpaired) electrons. The van der Waals surface area contributed by atoms with Crippen LogP contribution >= 0.6 is 0 Å². The van der Waals surface area contributed by atoms with Crippen LogP contribution in [0.5, 0.6) is 17.2 Å². The molecule has 2 atom stereocenters. The van der Waals surface area contributed by atoms with Crippen LogP contribution in [-0.2, 0) is 27.3 Å². The molecule has 1 aromatic heterocycles. The zero-order chi connectivity index (χ0) is 31.1. The second kappa shape index (κ2) is 14.2. The van der Waals surface area contributed by atoms with Gasteiger partial charge in [-0.3, -0.25) is 9.59 Å². The van der Waals surface area contributed by atoms with Gasteiger partial charge in [0.15, 0.2) is 11.5 Å². The zero-order valence-corrected chi connectivity index (χ0v) is 25.6. The predicted octanol–water partition coefficient (Wildman–Crippen LogP) is 3.87. The molecule has 0 saturated carbocycles. The summed E-state index contributed by atoms with van der Waals surface area (Å²) < 4.78 is 24.1. The Morgan fingerprint density at radius 2 is 1.77 bits per heavy atom. The molecule has 2 amide bonds. The Bertz CT molecular complexity index is 1570. The van der Waals surface area contributed by atoms with E-state index in [1.165, 1.54) is 21.3 Å². The van der Waals surface area contributed by atoms with Gasteiger partial charge < -0.3 is 29.2 Å². The molecule has 1 aliphatic rings. The number of ether oxygens (including phenoxy) is 4. The van der Waals surface area contributed by atoms with Crippen molar-refractivity contribution in [2.24, 2.45) is 0 Å². The maximum atomic E-state index is 14.3. The molecule has 4 aromatic rings. The Morgan fingerprint density at radius 1 is 1.05 bits per heavy atom. The Kier molecular flexibility index (Phi) is 9.96. The first-order valence-corrected chi connectivity index (χ1v) is 14.7. The van der Waals surface area contributed by atoms with Gasteiger partial charge in [0.25, 0.3) is 0 Å². The number of nitrogens with one attached hydrogen (secondary N) is 1. The topological polar surface area (TPSA) is 117 Å². The van der Waals surface area contributed by atoms with Gasteiger partial charge in [0.1, 0.15) is 18.1 Å². The zero-order valence-electron chi connectivity index (χ0n) is 25.6. The van der Waals surface area contributed by atoms with Gasteiger partial charge in [-0.05, 0) is 67.1 Å². The van der Waals surface area contributed by atoms with E-state index < -0.39 is 6.04 Å². The van der Waals surface area contributed by atoms with Gasteiger partial charge in [0.05, 0.1) is 33.0 Å². The van der Waals surface area contributed by atoms with Crippen molar-refractivity contribution in [2.45, 2.75) is 44.9 Å².